The third-order valence-corrected chi connectivity index (χ3v) is 4.76. The van der Waals surface area contributed by atoms with Crippen LogP contribution >= 0.6 is 15.9 Å². The van der Waals surface area contributed by atoms with Crippen molar-refractivity contribution in [1.29, 1.82) is 0 Å². The predicted molar refractivity (Wildman–Crippen MR) is 87.8 cm³/mol. The van der Waals surface area contributed by atoms with Gasteiger partial charge in [0.2, 0.25) is 0 Å². The lowest BCUT2D eigenvalue weighted by Gasteiger charge is -2.34. The molecule has 1 aliphatic carbocycles. The van der Waals surface area contributed by atoms with Crippen LogP contribution in [0.5, 0.6) is 0 Å². The van der Waals surface area contributed by atoms with Crippen LogP contribution < -0.4 is 5.32 Å². The molecule has 23 heavy (non-hydrogen) atoms. The fourth-order valence-corrected chi connectivity index (χ4v) is 2.99. The van der Waals surface area contributed by atoms with E-state index in [1.807, 2.05) is 18.2 Å². The van der Waals surface area contributed by atoms with Gasteiger partial charge in [-0.15, -0.1) is 0 Å². The number of halogens is 1. The Labute approximate surface area is 142 Å². The molecule has 1 N–H and O–H groups in total. The summed E-state index contributed by atoms with van der Waals surface area (Å²) in [6.07, 6.45) is 1.90. The van der Waals surface area contributed by atoms with Crippen LogP contribution in [0.4, 0.5) is 0 Å². The summed E-state index contributed by atoms with van der Waals surface area (Å²) in [7, 11) is 0. The summed E-state index contributed by atoms with van der Waals surface area (Å²) >= 11 is 3.38. The Morgan fingerprint density at radius 3 is 2.22 bits per heavy atom. The molecule has 0 atom stereocenters. The van der Waals surface area contributed by atoms with E-state index >= 15 is 0 Å². The van der Waals surface area contributed by atoms with Crippen LogP contribution in [0, 0.1) is 0 Å². The molecule has 2 aliphatic rings. The topological polar surface area (TPSA) is 69.7 Å². The van der Waals surface area contributed by atoms with Crippen molar-refractivity contribution < 1.29 is 14.4 Å². The van der Waals surface area contributed by atoms with E-state index in [0.29, 0.717) is 31.7 Å². The van der Waals surface area contributed by atoms with E-state index in [1.54, 1.807) is 11.0 Å². The normalized spacial score (nSPS) is 17.8. The second-order valence-electron chi connectivity index (χ2n) is 5.81. The molecule has 3 rings (SSSR count). The van der Waals surface area contributed by atoms with Gasteiger partial charge >= 0.3 is 11.8 Å². The van der Waals surface area contributed by atoms with Gasteiger partial charge in [0.1, 0.15) is 0 Å². The van der Waals surface area contributed by atoms with Gasteiger partial charge in [-0.1, -0.05) is 12.1 Å². The van der Waals surface area contributed by atoms with Gasteiger partial charge in [-0.05, 0) is 40.9 Å². The number of carbonyl (C=O) groups excluding carboxylic acids is 3. The van der Waals surface area contributed by atoms with Crippen molar-refractivity contribution in [2.24, 2.45) is 0 Å². The van der Waals surface area contributed by atoms with Gasteiger partial charge in [-0.3, -0.25) is 14.4 Å². The van der Waals surface area contributed by atoms with Crippen LogP contribution in [0.2, 0.25) is 0 Å². The van der Waals surface area contributed by atoms with Crippen LogP contribution in [-0.2, 0) is 9.59 Å². The zero-order valence-corrected chi connectivity index (χ0v) is 14.2. The molecule has 0 spiro atoms. The summed E-state index contributed by atoms with van der Waals surface area (Å²) in [5, 5.41) is 2.70. The number of hydrogen-bond donors (Lipinski definition) is 1. The first-order valence-corrected chi connectivity index (χ1v) is 8.49. The average molecular weight is 380 g/mol. The number of amides is 3. The number of nitrogens with zero attached hydrogens (tertiary/aromatic N) is 2. The molecule has 0 bridgehead atoms. The molecule has 3 amide bonds. The molecule has 6 nitrogen and oxygen atoms in total. The minimum absolute atomic E-state index is 0.0630. The Morgan fingerprint density at radius 2 is 1.61 bits per heavy atom. The van der Waals surface area contributed by atoms with E-state index in [1.165, 1.54) is 4.90 Å². The minimum Gasteiger partial charge on any atom is -0.345 e. The third kappa shape index (κ3) is 3.72. The van der Waals surface area contributed by atoms with Gasteiger partial charge in [0.15, 0.2) is 0 Å². The summed E-state index contributed by atoms with van der Waals surface area (Å²) in [5.41, 5.74) is 0.610. The second-order valence-corrected chi connectivity index (χ2v) is 6.67. The van der Waals surface area contributed by atoms with E-state index < -0.39 is 11.8 Å². The second kappa shape index (κ2) is 6.70. The number of rotatable bonds is 2. The van der Waals surface area contributed by atoms with E-state index in [0.717, 1.165) is 17.3 Å². The van der Waals surface area contributed by atoms with Crippen LogP contribution in [0.1, 0.15) is 23.2 Å². The molecule has 1 aromatic carbocycles. The number of carbonyl (C=O) groups is 3. The highest BCUT2D eigenvalue weighted by Gasteiger charge is 2.31. The van der Waals surface area contributed by atoms with Crippen LogP contribution in [0.15, 0.2) is 28.7 Å². The van der Waals surface area contributed by atoms with Crippen molar-refractivity contribution >= 4 is 33.7 Å². The van der Waals surface area contributed by atoms with Crippen LogP contribution in [-0.4, -0.2) is 59.7 Å². The fourth-order valence-electron chi connectivity index (χ4n) is 2.54. The summed E-state index contributed by atoms with van der Waals surface area (Å²) in [6.45, 7) is 1.63. The number of benzene rings is 1. The first-order chi connectivity index (χ1) is 11.1. The molecule has 1 saturated carbocycles. The molecule has 7 heteroatoms. The van der Waals surface area contributed by atoms with Crippen molar-refractivity contribution in [2.45, 2.75) is 18.9 Å². The Hall–Kier alpha value is -1.89. The molecule has 2 fully saturated rings. The van der Waals surface area contributed by atoms with Gasteiger partial charge in [-0.25, -0.2) is 0 Å². The fraction of sp³-hybridized carbons (Fsp3) is 0.438. The molecule has 122 valence electrons. The highest BCUT2D eigenvalue weighted by atomic mass is 79.9. The van der Waals surface area contributed by atoms with Crippen molar-refractivity contribution in [3.63, 3.8) is 0 Å². The number of hydrogen-bond acceptors (Lipinski definition) is 3. The summed E-state index contributed by atoms with van der Waals surface area (Å²) in [6, 6.07) is 7.45. The molecular weight excluding hydrogens is 362 g/mol. The Kier molecular flexibility index (Phi) is 4.66. The van der Waals surface area contributed by atoms with Crippen LogP contribution in [0.25, 0.3) is 0 Å². The molecule has 0 unspecified atom stereocenters. The van der Waals surface area contributed by atoms with Crippen molar-refractivity contribution in [1.82, 2.24) is 15.1 Å². The Morgan fingerprint density at radius 1 is 1.00 bits per heavy atom. The SMILES string of the molecule is O=C(NC1CC1)C(=O)N1CCN(C(=O)c2ccccc2Br)CC1. The summed E-state index contributed by atoms with van der Waals surface area (Å²) in [5.74, 6) is -1.09. The number of piperazine rings is 1. The van der Waals surface area contributed by atoms with Gasteiger partial charge in [0.05, 0.1) is 5.56 Å². The first kappa shape index (κ1) is 16.0. The highest BCUT2D eigenvalue weighted by Crippen LogP contribution is 2.20. The lowest BCUT2D eigenvalue weighted by atomic mass is 10.2. The van der Waals surface area contributed by atoms with Crippen molar-refractivity contribution in [3.05, 3.63) is 34.3 Å². The quantitative estimate of drug-likeness (QED) is 0.779. The standard InChI is InChI=1S/C16H18BrN3O3/c17-13-4-2-1-3-12(13)15(22)19-7-9-20(10-8-19)16(23)14(21)18-11-5-6-11/h1-4,11H,5-10H2,(H,18,21). The highest BCUT2D eigenvalue weighted by molar-refractivity contribution is 9.10. The van der Waals surface area contributed by atoms with Crippen molar-refractivity contribution in [2.75, 3.05) is 26.2 Å². The first-order valence-electron chi connectivity index (χ1n) is 7.70. The lowest BCUT2D eigenvalue weighted by molar-refractivity contribution is -0.146. The smallest absolute Gasteiger partial charge is 0.312 e. The predicted octanol–water partition coefficient (Wildman–Crippen LogP) is 1.01. The molecule has 1 aliphatic heterocycles. The maximum absolute atomic E-state index is 12.5. The maximum atomic E-state index is 12.5. The Bertz CT molecular complexity index is 637. The van der Waals surface area contributed by atoms with Gasteiger partial charge in [0, 0.05) is 36.7 Å². The average Bonchev–Trinajstić information content (AvgIpc) is 3.38. The van der Waals surface area contributed by atoms with Gasteiger partial charge in [-0.2, -0.15) is 0 Å². The largest absolute Gasteiger partial charge is 0.345 e. The van der Waals surface area contributed by atoms with E-state index in [4.69, 9.17) is 0 Å². The molecule has 0 radical (unpaired) electrons. The molecule has 1 heterocycles. The summed E-state index contributed by atoms with van der Waals surface area (Å²) in [4.78, 5) is 39.6. The third-order valence-electron chi connectivity index (χ3n) is 4.07. The zero-order valence-electron chi connectivity index (χ0n) is 12.6. The van der Waals surface area contributed by atoms with Crippen molar-refractivity contribution in [3.8, 4) is 0 Å². The summed E-state index contributed by atoms with van der Waals surface area (Å²) < 4.78 is 0.757. The lowest BCUT2D eigenvalue weighted by Crippen LogP contribution is -2.54. The van der Waals surface area contributed by atoms with E-state index in [2.05, 4.69) is 21.2 Å². The zero-order chi connectivity index (χ0) is 16.4. The molecular formula is C16H18BrN3O3. The van der Waals surface area contributed by atoms with Gasteiger partial charge < -0.3 is 15.1 Å². The Balaban J connectivity index is 1.55. The van der Waals surface area contributed by atoms with Gasteiger partial charge in [0.25, 0.3) is 5.91 Å². The number of nitrogens with one attached hydrogen (secondary N) is 1. The molecule has 1 aromatic rings. The van der Waals surface area contributed by atoms with E-state index in [-0.39, 0.29) is 11.9 Å². The molecule has 0 aromatic heterocycles. The van der Waals surface area contributed by atoms with Crippen LogP contribution in [0.3, 0.4) is 0 Å². The molecule has 1 saturated heterocycles. The van der Waals surface area contributed by atoms with E-state index in [9.17, 15) is 14.4 Å². The minimum atomic E-state index is -0.530. The maximum Gasteiger partial charge on any atom is 0.312 e. The monoisotopic (exact) mass is 379 g/mol.